The molecule has 0 radical (unpaired) electrons. The average Bonchev–Trinajstić information content (AvgIpc) is 2.53. The first kappa shape index (κ1) is 8.59. The van der Waals surface area contributed by atoms with Crippen LogP contribution in [0.25, 0.3) is 0 Å². The van der Waals surface area contributed by atoms with Crippen molar-refractivity contribution >= 4 is 6.29 Å². The molecule has 0 N–H and O–H groups in total. The fourth-order valence-corrected chi connectivity index (χ4v) is 0.718. The van der Waals surface area contributed by atoms with Crippen LogP contribution in [-0.2, 0) is 0 Å². The Bertz CT molecular complexity index is 262. The minimum atomic E-state index is 0.281. The third-order valence-electron chi connectivity index (χ3n) is 1.28. The zero-order valence-corrected chi connectivity index (χ0v) is 6.66. The molecule has 0 aliphatic heterocycles. The molecule has 0 unspecified atom stereocenters. The van der Waals surface area contributed by atoms with Crippen LogP contribution < -0.4 is 4.74 Å². The van der Waals surface area contributed by atoms with Crippen LogP contribution in [0.15, 0.2) is 29.2 Å². The van der Waals surface area contributed by atoms with Gasteiger partial charge in [-0.3, -0.25) is 4.79 Å². The Morgan fingerprint density at radius 3 is 3.00 bits per heavy atom. The van der Waals surface area contributed by atoms with Gasteiger partial charge < -0.3 is 9.15 Å². The Hall–Kier alpha value is -1.51. The van der Waals surface area contributed by atoms with E-state index in [1.165, 1.54) is 0 Å². The lowest BCUT2D eigenvalue weighted by molar-refractivity contribution is 0.109. The number of carbonyl (C=O) groups excluding carboxylic acids is 1. The van der Waals surface area contributed by atoms with E-state index in [2.05, 4.69) is 6.58 Å². The van der Waals surface area contributed by atoms with Crippen LogP contribution >= 0.6 is 0 Å². The minimum absolute atomic E-state index is 0.281. The van der Waals surface area contributed by atoms with Crippen molar-refractivity contribution in [3.8, 4) is 5.95 Å². The monoisotopic (exact) mass is 166 g/mol. The van der Waals surface area contributed by atoms with Crippen molar-refractivity contribution in [2.75, 3.05) is 6.61 Å². The minimum Gasteiger partial charge on any atom is -0.465 e. The van der Waals surface area contributed by atoms with Crippen LogP contribution in [0.2, 0.25) is 0 Å². The van der Waals surface area contributed by atoms with Crippen LogP contribution in [0, 0.1) is 0 Å². The third kappa shape index (κ3) is 2.27. The van der Waals surface area contributed by atoms with Crippen molar-refractivity contribution in [3.63, 3.8) is 0 Å². The smallest absolute Gasteiger partial charge is 0.284 e. The van der Waals surface area contributed by atoms with E-state index >= 15 is 0 Å². The van der Waals surface area contributed by atoms with Crippen LogP contribution in [0.4, 0.5) is 0 Å². The van der Waals surface area contributed by atoms with Crippen molar-refractivity contribution in [1.82, 2.24) is 0 Å². The van der Waals surface area contributed by atoms with Gasteiger partial charge in [0.2, 0.25) is 0 Å². The lowest BCUT2D eigenvalue weighted by atomic mass is 10.4. The third-order valence-corrected chi connectivity index (χ3v) is 1.28. The second-order valence-corrected chi connectivity index (χ2v) is 2.20. The summed E-state index contributed by atoms with van der Waals surface area (Å²) in [5.74, 6) is 0.655. The standard InChI is InChI=1S/C9H10O3/c1-2-3-6-11-9-5-4-8(7-10)12-9/h2,4-5,7H,1,3,6H2. The lowest BCUT2D eigenvalue weighted by Gasteiger charge is -1.97. The van der Waals surface area contributed by atoms with Gasteiger partial charge in [-0.25, -0.2) is 0 Å². The zero-order valence-electron chi connectivity index (χ0n) is 6.66. The molecule has 0 bridgehead atoms. The molecule has 3 heteroatoms. The highest BCUT2D eigenvalue weighted by Crippen LogP contribution is 2.14. The SMILES string of the molecule is C=CCCOc1ccc(C=O)o1. The lowest BCUT2D eigenvalue weighted by Crippen LogP contribution is -1.93. The van der Waals surface area contributed by atoms with Gasteiger partial charge in [-0.1, -0.05) is 6.08 Å². The van der Waals surface area contributed by atoms with Crippen LogP contribution in [0.1, 0.15) is 17.0 Å². The van der Waals surface area contributed by atoms with Crippen LogP contribution in [0.5, 0.6) is 5.95 Å². The normalized spacial score (nSPS) is 9.33. The first-order chi connectivity index (χ1) is 5.86. The van der Waals surface area contributed by atoms with Crippen molar-refractivity contribution in [2.45, 2.75) is 6.42 Å². The summed E-state index contributed by atoms with van der Waals surface area (Å²) in [6.45, 7) is 4.07. The van der Waals surface area contributed by atoms with E-state index in [0.717, 1.165) is 6.42 Å². The molecule has 64 valence electrons. The Morgan fingerprint density at radius 2 is 2.42 bits per heavy atom. The van der Waals surface area contributed by atoms with E-state index in [1.54, 1.807) is 18.2 Å². The number of ether oxygens (including phenoxy) is 1. The van der Waals surface area contributed by atoms with Gasteiger partial charge in [-0.15, -0.1) is 6.58 Å². The summed E-state index contributed by atoms with van der Waals surface area (Å²) < 4.78 is 10.1. The largest absolute Gasteiger partial charge is 0.465 e. The molecule has 3 nitrogen and oxygen atoms in total. The number of hydrogen-bond acceptors (Lipinski definition) is 3. The van der Waals surface area contributed by atoms with Gasteiger partial charge in [-0.2, -0.15) is 0 Å². The van der Waals surface area contributed by atoms with Crippen LogP contribution in [0.3, 0.4) is 0 Å². The first-order valence-corrected chi connectivity index (χ1v) is 3.65. The summed E-state index contributed by atoms with van der Waals surface area (Å²) in [6, 6.07) is 3.18. The number of rotatable bonds is 5. The molecule has 0 saturated heterocycles. The Labute approximate surface area is 70.6 Å². The van der Waals surface area contributed by atoms with Gasteiger partial charge in [0.25, 0.3) is 5.95 Å². The molecule has 0 fully saturated rings. The fraction of sp³-hybridized carbons (Fsp3) is 0.222. The highest BCUT2D eigenvalue weighted by molar-refractivity contribution is 5.70. The molecule has 0 spiro atoms. The molecular weight excluding hydrogens is 156 g/mol. The van der Waals surface area contributed by atoms with Gasteiger partial charge >= 0.3 is 0 Å². The van der Waals surface area contributed by atoms with E-state index < -0.39 is 0 Å². The number of furan rings is 1. The van der Waals surface area contributed by atoms with Crippen molar-refractivity contribution in [1.29, 1.82) is 0 Å². The van der Waals surface area contributed by atoms with Gasteiger partial charge in [0.05, 0.1) is 6.61 Å². The topological polar surface area (TPSA) is 39.4 Å². The molecule has 1 aromatic heterocycles. The highest BCUT2D eigenvalue weighted by atomic mass is 16.6. The average molecular weight is 166 g/mol. The first-order valence-electron chi connectivity index (χ1n) is 3.65. The van der Waals surface area contributed by atoms with E-state index in [4.69, 9.17) is 9.15 Å². The summed E-state index contributed by atoms with van der Waals surface area (Å²) in [6.07, 6.45) is 3.15. The summed E-state index contributed by atoms with van der Waals surface area (Å²) >= 11 is 0. The highest BCUT2D eigenvalue weighted by Gasteiger charge is 1.99. The molecule has 0 saturated carbocycles. The maximum Gasteiger partial charge on any atom is 0.284 e. The molecule has 1 rings (SSSR count). The van der Waals surface area contributed by atoms with E-state index in [-0.39, 0.29) is 5.76 Å². The molecular formula is C9H10O3. The van der Waals surface area contributed by atoms with Crippen LogP contribution in [-0.4, -0.2) is 12.9 Å². The maximum absolute atomic E-state index is 10.2. The summed E-state index contributed by atoms with van der Waals surface area (Å²) in [5, 5.41) is 0. The quantitative estimate of drug-likeness (QED) is 0.381. The summed E-state index contributed by atoms with van der Waals surface area (Å²) in [5.41, 5.74) is 0. The van der Waals surface area contributed by atoms with Crippen molar-refractivity contribution < 1.29 is 13.9 Å². The zero-order chi connectivity index (χ0) is 8.81. The van der Waals surface area contributed by atoms with E-state index in [9.17, 15) is 4.79 Å². The molecule has 0 aliphatic rings. The van der Waals surface area contributed by atoms with Crippen molar-refractivity contribution in [3.05, 3.63) is 30.5 Å². The Kier molecular flexibility index (Phi) is 3.14. The van der Waals surface area contributed by atoms with E-state index in [1.807, 2.05) is 0 Å². The number of carbonyl (C=O) groups is 1. The molecule has 12 heavy (non-hydrogen) atoms. The van der Waals surface area contributed by atoms with Crippen molar-refractivity contribution in [2.24, 2.45) is 0 Å². The van der Waals surface area contributed by atoms with Gasteiger partial charge in [-0.05, 0) is 12.5 Å². The summed E-state index contributed by atoms with van der Waals surface area (Å²) in [4.78, 5) is 10.2. The Morgan fingerprint density at radius 1 is 1.58 bits per heavy atom. The second kappa shape index (κ2) is 4.38. The van der Waals surface area contributed by atoms with Gasteiger partial charge in [0.15, 0.2) is 12.0 Å². The van der Waals surface area contributed by atoms with Gasteiger partial charge in [0.1, 0.15) is 0 Å². The maximum atomic E-state index is 10.2. The number of aldehydes is 1. The Balaban J connectivity index is 2.41. The second-order valence-electron chi connectivity index (χ2n) is 2.20. The summed E-state index contributed by atoms with van der Waals surface area (Å²) in [7, 11) is 0. The molecule has 1 heterocycles. The molecule has 0 aliphatic carbocycles. The predicted octanol–water partition coefficient (Wildman–Crippen LogP) is 2.05. The van der Waals surface area contributed by atoms with E-state index in [0.29, 0.717) is 18.8 Å². The predicted molar refractivity (Wildman–Crippen MR) is 44.4 cm³/mol. The molecule has 1 aromatic rings. The molecule has 0 atom stereocenters. The molecule has 0 aromatic carbocycles. The molecule has 0 amide bonds. The number of hydrogen-bond donors (Lipinski definition) is 0. The van der Waals surface area contributed by atoms with Gasteiger partial charge in [0, 0.05) is 6.07 Å². The fourth-order valence-electron chi connectivity index (χ4n) is 0.718.